The van der Waals surface area contributed by atoms with Crippen LogP contribution in [0.3, 0.4) is 0 Å². The van der Waals surface area contributed by atoms with Crippen molar-refractivity contribution in [3.05, 3.63) is 69.8 Å². The lowest BCUT2D eigenvalue weighted by atomic mass is 10.1. The normalized spacial score (nSPS) is 15.5. The molecule has 1 heterocycles. The zero-order valence-electron chi connectivity index (χ0n) is 17.3. The van der Waals surface area contributed by atoms with E-state index >= 15 is 0 Å². The predicted octanol–water partition coefficient (Wildman–Crippen LogP) is 4.10. The van der Waals surface area contributed by atoms with Crippen LogP contribution in [0.4, 0.5) is 11.4 Å². The summed E-state index contributed by atoms with van der Waals surface area (Å²) in [7, 11) is -1.97. The standard InChI is InChI=1S/C22H25N3O5S/c1-23-20-12-6-17(16-21(20)25(27)28)7-13-22(26)18-8-10-19(11-9-18)31(29,30)24-14-4-2-3-5-15-24/h6-13,16,23H,2-5,14-15H2,1H3. The van der Waals surface area contributed by atoms with Gasteiger partial charge in [-0.1, -0.05) is 25.0 Å². The first-order chi connectivity index (χ1) is 14.8. The monoisotopic (exact) mass is 443 g/mol. The maximum atomic E-state index is 12.8. The minimum absolute atomic E-state index is 0.0832. The third-order valence-electron chi connectivity index (χ3n) is 5.26. The molecule has 0 saturated carbocycles. The van der Waals surface area contributed by atoms with Crippen molar-refractivity contribution in [2.45, 2.75) is 30.6 Å². The van der Waals surface area contributed by atoms with Crippen molar-refractivity contribution in [1.82, 2.24) is 4.31 Å². The van der Waals surface area contributed by atoms with Crippen LogP contribution >= 0.6 is 0 Å². The van der Waals surface area contributed by atoms with E-state index in [4.69, 9.17) is 0 Å². The van der Waals surface area contributed by atoms with Gasteiger partial charge in [-0.05, 0) is 54.8 Å². The minimum Gasteiger partial charge on any atom is -0.383 e. The number of ketones is 1. The lowest BCUT2D eigenvalue weighted by Crippen LogP contribution is -2.31. The minimum atomic E-state index is -3.57. The molecule has 1 aliphatic heterocycles. The number of nitrogens with one attached hydrogen (secondary N) is 1. The van der Waals surface area contributed by atoms with Crippen molar-refractivity contribution in [3.8, 4) is 0 Å². The van der Waals surface area contributed by atoms with Crippen molar-refractivity contribution in [3.63, 3.8) is 0 Å². The van der Waals surface area contributed by atoms with Gasteiger partial charge in [-0.2, -0.15) is 4.31 Å². The highest BCUT2D eigenvalue weighted by atomic mass is 32.2. The number of rotatable bonds is 7. The molecule has 0 amide bonds. The smallest absolute Gasteiger partial charge is 0.292 e. The zero-order valence-corrected chi connectivity index (χ0v) is 18.1. The van der Waals surface area contributed by atoms with E-state index in [-0.39, 0.29) is 16.4 Å². The van der Waals surface area contributed by atoms with E-state index in [1.165, 1.54) is 46.8 Å². The molecule has 0 aliphatic carbocycles. The van der Waals surface area contributed by atoms with Gasteiger partial charge in [0.1, 0.15) is 5.69 Å². The summed E-state index contributed by atoms with van der Waals surface area (Å²) >= 11 is 0. The van der Waals surface area contributed by atoms with Crippen LogP contribution in [0.2, 0.25) is 0 Å². The molecule has 0 radical (unpaired) electrons. The summed E-state index contributed by atoms with van der Waals surface area (Å²) in [6, 6.07) is 10.5. The fraction of sp³-hybridized carbons (Fsp3) is 0.318. The van der Waals surface area contributed by atoms with Gasteiger partial charge in [0.15, 0.2) is 5.78 Å². The Hall–Kier alpha value is -3.04. The lowest BCUT2D eigenvalue weighted by Gasteiger charge is -2.19. The number of carbonyl (C=O) groups is 1. The maximum absolute atomic E-state index is 12.8. The molecule has 1 N–H and O–H groups in total. The number of nitro benzene ring substituents is 1. The molecule has 3 rings (SSSR count). The molecule has 1 aliphatic rings. The van der Waals surface area contributed by atoms with Crippen LogP contribution < -0.4 is 5.32 Å². The third-order valence-corrected chi connectivity index (χ3v) is 7.17. The predicted molar refractivity (Wildman–Crippen MR) is 120 cm³/mol. The summed E-state index contributed by atoms with van der Waals surface area (Å²) < 4.78 is 27.2. The van der Waals surface area contributed by atoms with E-state index in [2.05, 4.69) is 5.32 Å². The van der Waals surface area contributed by atoms with Crippen molar-refractivity contribution in [2.75, 3.05) is 25.5 Å². The van der Waals surface area contributed by atoms with Gasteiger partial charge in [-0.3, -0.25) is 14.9 Å². The molecule has 8 nitrogen and oxygen atoms in total. The Morgan fingerprint density at radius 1 is 1.06 bits per heavy atom. The second-order valence-electron chi connectivity index (χ2n) is 7.32. The molecule has 0 aromatic heterocycles. The summed E-state index contributed by atoms with van der Waals surface area (Å²) in [5.74, 6) is -0.320. The van der Waals surface area contributed by atoms with Gasteiger partial charge in [-0.25, -0.2) is 8.42 Å². The maximum Gasteiger partial charge on any atom is 0.292 e. The van der Waals surface area contributed by atoms with Gasteiger partial charge < -0.3 is 5.32 Å². The quantitative estimate of drug-likeness (QED) is 0.299. The number of hydrogen-bond acceptors (Lipinski definition) is 6. The molecule has 9 heteroatoms. The van der Waals surface area contributed by atoms with Crippen LogP contribution in [0.1, 0.15) is 41.6 Å². The van der Waals surface area contributed by atoms with Crippen LogP contribution in [0, 0.1) is 10.1 Å². The van der Waals surface area contributed by atoms with Crippen LogP contribution in [0.5, 0.6) is 0 Å². The first-order valence-corrected chi connectivity index (χ1v) is 11.6. The van der Waals surface area contributed by atoms with E-state index < -0.39 is 14.9 Å². The van der Waals surface area contributed by atoms with E-state index in [1.54, 1.807) is 19.2 Å². The highest BCUT2D eigenvalue weighted by molar-refractivity contribution is 7.89. The molecular weight excluding hydrogens is 418 g/mol. The Morgan fingerprint density at radius 3 is 2.29 bits per heavy atom. The fourth-order valence-electron chi connectivity index (χ4n) is 3.51. The second kappa shape index (κ2) is 9.84. The van der Waals surface area contributed by atoms with Crippen LogP contribution in [-0.4, -0.2) is 43.6 Å². The average Bonchev–Trinajstić information content (AvgIpc) is 3.07. The molecule has 2 aromatic carbocycles. The number of allylic oxidation sites excluding steroid dienone is 1. The van der Waals surface area contributed by atoms with Crippen molar-refractivity contribution >= 4 is 33.3 Å². The van der Waals surface area contributed by atoms with Gasteiger partial charge >= 0.3 is 0 Å². The summed E-state index contributed by atoms with van der Waals surface area (Å²) in [6.45, 7) is 1.04. The van der Waals surface area contributed by atoms with Gasteiger partial charge in [0.05, 0.1) is 9.82 Å². The molecule has 2 aromatic rings. The molecule has 31 heavy (non-hydrogen) atoms. The van der Waals surface area contributed by atoms with Crippen LogP contribution in [0.15, 0.2) is 53.4 Å². The summed E-state index contributed by atoms with van der Waals surface area (Å²) in [4.78, 5) is 23.3. The van der Waals surface area contributed by atoms with Gasteiger partial charge in [0.25, 0.3) is 5.69 Å². The van der Waals surface area contributed by atoms with Gasteiger partial charge in [0.2, 0.25) is 10.0 Å². The molecule has 1 fully saturated rings. The number of carbonyl (C=O) groups excluding carboxylic acids is 1. The number of nitro groups is 1. The number of anilines is 1. The third kappa shape index (κ3) is 5.36. The Bertz CT molecular complexity index is 1090. The first-order valence-electron chi connectivity index (χ1n) is 10.1. The molecule has 164 valence electrons. The molecular formula is C22H25N3O5S. The zero-order chi connectivity index (χ0) is 22.4. The SMILES string of the molecule is CNc1ccc(C=CC(=O)c2ccc(S(=O)(=O)N3CCCCCC3)cc2)cc1[N+](=O)[O-]. The van der Waals surface area contributed by atoms with Crippen LogP contribution in [0.25, 0.3) is 6.08 Å². The molecule has 0 spiro atoms. The fourth-order valence-corrected chi connectivity index (χ4v) is 5.02. The van der Waals surface area contributed by atoms with Crippen LogP contribution in [-0.2, 0) is 10.0 Å². The second-order valence-corrected chi connectivity index (χ2v) is 9.26. The van der Waals surface area contributed by atoms with Gasteiger partial charge in [-0.15, -0.1) is 0 Å². The Morgan fingerprint density at radius 2 is 1.71 bits per heavy atom. The summed E-state index contributed by atoms with van der Waals surface area (Å²) in [5.41, 5.74) is 1.15. The first kappa shape index (κ1) is 22.6. The van der Waals surface area contributed by atoms with E-state index in [1.807, 2.05) is 0 Å². The highest BCUT2D eigenvalue weighted by Gasteiger charge is 2.25. The van der Waals surface area contributed by atoms with E-state index in [0.29, 0.717) is 29.9 Å². The topological polar surface area (TPSA) is 110 Å². The number of hydrogen-bond donors (Lipinski definition) is 1. The molecule has 0 bridgehead atoms. The Kier molecular flexibility index (Phi) is 7.19. The van der Waals surface area contributed by atoms with Gasteiger partial charge in [0, 0.05) is 31.8 Å². The lowest BCUT2D eigenvalue weighted by molar-refractivity contribution is -0.384. The van der Waals surface area contributed by atoms with Crippen molar-refractivity contribution in [2.24, 2.45) is 0 Å². The largest absolute Gasteiger partial charge is 0.383 e. The molecule has 0 unspecified atom stereocenters. The summed E-state index contributed by atoms with van der Waals surface area (Å²) in [6.07, 6.45) is 6.59. The number of sulfonamides is 1. The number of benzene rings is 2. The van der Waals surface area contributed by atoms with E-state index in [0.717, 1.165) is 25.7 Å². The Labute approximate surface area is 181 Å². The van der Waals surface area contributed by atoms with Crippen molar-refractivity contribution in [1.29, 1.82) is 0 Å². The highest BCUT2D eigenvalue weighted by Crippen LogP contribution is 2.26. The van der Waals surface area contributed by atoms with E-state index in [9.17, 15) is 23.3 Å². The molecule has 1 saturated heterocycles. The Balaban J connectivity index is 1.74. The van der Waals surface area contributed by atoms with Crippen molar-refractivity contribution < 1.29 is 18.1 Å². The summed E-state index contributed by atoms with van der Waals surface area (Å²) in [5, 5.41) is 13.9. The average molecular weight is 444 g/mol. The molecule has 0 atom stereocenters. The number of nitrogens with zero attached hydrogens (tertiary/aromatic N) is 2.